The molecule has 0 aromatic heterocycles. The van der Waals surface area contributed by atoms with Gasteiger partial charge in [0.1, 0.15) is 5.71 Å². The van der Waals surface area contributed by atoms with Crippen molar-refractivity contribution in [2.45, 2.75) is 105 Å². The molecule has 17 rings (SSSR count). The van der Waals surface area contributed by atoms with Crippen LogP contribution in [0.3, 0.4) is 0 Å². The minimum atomic E-state index is -0.486. The van der Waals surface area contributed by atoms with E-state index < -0.39 is 10.8 Å². The monoisotopic (exact) mass is 1270 g/mol. The van der Waals surface area contributed by atoms with Gasteiger partial charge in [-0.05, 0) is 134 Å². The second kappa shape index (κ2) is 23.9. The van der Waals surface area contributed by atoms with Gasteiger partial charge in [-0.25, -0.2) is 30.5 Å². The quantitative estimate of drug-likeness (QED) is 0.118. The molecule has 0 fully saturated rings. The lowest BCUT2D eigenvalue weighted by Crippen LogP contribution is -2.41. The van der Waals surface area contributed by atoms with Gasteiger partial charge < -0.3 is 0 Å². The Labute approximate surface area is 573 Å². The van der Waals surface area contributed by atoms with E-state index in [2.05, 4.69) is 309 Å². The van der Waals surface area contributed by atoms with Crippen molar-refractivity contribution in [1.82, 2.24) is 5.53 Å². The van der Waals surface area contributed by atoms with Crippen LogP contribution in [-0.4, -0.2) is 5.71 Å². The first-order valence-corrected chi connectivity index (χ1v) is 35.1. The molecule has 5 aliphatic heterocycles. The number of hydrogen-bond donors (Lipinski definition) is 1. The molecule has 12 aromatic carbocycles. The molecular weight excluding hydrogens is 1190 g/mol. The molecule has 5 heterocycles. The predicted octanol–water partition coefficient (Wildman–Crippen LogP) is 20.9. The van der Waals surface area contributed by atoms with Crippen LogP contribution in [0.25, 0.3) is 78.0 Å². The van der Waals surface area contributed by atoms with Crippen molar-refractivity contribution in [2.75, 3.05) is 5.01 Å². The van der Waals surface area contributed by atoms with Gasteiger partial charge >= 0.3 is 0 Å². The number of anilines is 1. The minimum Gasteiger partial charge on any atom is -0.247 e. The van der Waals surface area contributed by atoms with Crippen LogP contribution in [0.5, 0.6) is 0 Å². The van der Waals surface area contributed by atoms with Crippen molar-refractivity contribution >= 4 is 45.4 Å². The largest absolute Gasteiger partial charge is 0.247 e. The molecule has 1 N–H and O–H groups in total. The lowest BCUT2D eigenvalue weighted by molar-refractivity contribution is 0.530. The normalized spacial score (nSPS) is 13.6. The van der Waals surface area contributed by atoms with Gasteiger partial charge in [0, 0.05) is 71.0 Å². The summed E-state index contributed by atoms with van der Waals surface area (Å²) in [6.07, 6.45) is 5.69. The average molecular weight is 1270 g/mol. The van der Waals surface area contributed by atoms with E-state index in [0.29, 0.717) is 0 Å². The number of para-hydroxylation sites is 2. The maximum absolute atomic E-state index is 6.27. The van der Waals surface area contributed by atoms with Gasteiger partial charge in [0.15, 0.2) is 0 Å². The van der Waals surface area contributed by atoms with Gasteiger partial charge in [0.25, 0.3) is 0 Å². The smallest absolute Gasteiger partial charge is 0.103 e. The van der Waals surface area contributed by atoms with E-state index in [1.54, 1.807) is 0 Å². The second-order valence-electron chi connectivity index (χ2n) is 28.7. The summed E-state index contributed by atoms with van der Waals surface area (Å²) in [6, 6.07) is 88.3. The Morgan fingerprint density at radius 3 is 1.28 bits per heavy atom. The molecule has 7 nitrogen and oxygen atoms in total. The van der Waals surface area contributed by atoms with Crippen LogP contribution in [0, 0.1) is 20.9 Å². The fourth-order valence-electron chi connectivity index (χ4n) is 16.3. The Morgan fingerprint density at radius 2 is 0.745 bits per heavy atom. The van der Waals surface area contributed by atoms with E-state index in [1.807, 2.05) is 0 Å². The molecule has 12 aromatic rings. The number of nitrogens with one attached hydrogen (secondary N) is 1. The number of hydrogen-bond acceptors (Lipinski definition) is 7. The molecule has 0 atom stereocenters. The zero-order valence-corrected chi connectivity index (χ0v) is 57.0. The Bertz CT molecular complexity index is 5860. The van der Waals surface area contributed by atoms with Crippen LogP contribution in [-0.2, 0) is 23.7 Å². The molecule has 7 heteroatoms. The number of rotatable bonds is 14. The van der Waals surface area contributed by atoms with Gasteiger partial charge in [0.05, 0.1) is 55.6 Å². The molecule has 0 saturated heterocycles. The van der Waals surface area contributed by atoms with E-state index in [0.717, 1.165) is 204 Å². The SMILES string of the molecule is CCCCc1c(CCCC)c(-c2ccccc2)c2c(c1C1=NNN(c3c4c(c(-c5ccccc5)c(C(C)(C)C)c3C(C)(C)C)N=c3ccc5c(c3-4)N=c3ccccc3=5)C(c3ccccc3)=C1c1ccccc1-c1ccccc1-c1ccccc1)-c1c3c(ccc1=N2)=c1ccccc1=N3. The van der Waals surface area contributed by atoms with Gasteiger partial charge in [-0.1, -0.05) is 274 Å². The molecule has 0 amide bonds. The van der Waals surface area contributed by atoms with Crippen LogP contribution in [0.1, 0.15) is 120 Å². The first-order valence-electron chi connectivity index (χ1n) is 35.1. The zero-order chi connectivity index (χ0) is 66.6. The summed E-state index contributed by atoms with van der Waals surface area (Å²) in [4.78, 5) is 23.2. The molecule has 98 heavy (non-hydrogen) atoms. The molecule has 0 spiro atoms. The van der Waals surface area contributed by atoms with Crippen LogP contribution in [0.2, 0.25) is 0 Å². The maximum atomic E-state index is 6.27. The van der Waals surface area contributed by atoms with Gasteiger partial charge in [-0.2, -0.15) is 5.10 Å². The summed E-state index contributed by atoms with van der Waals surface area (Å²) < 4.78 is 0. The molecule has 0 saturated carbocycles. The van der Waals surface area contributed by atoms with E-state index in [9.17, 15) is 0 Å². The van der Waals surface area contributed by atoms with Crippen LogP contribution < -0.4 is 32.0 Å². The summed E-state index contributed by atoms with van der Waals surface area (Å²) in [5.74, 6) is 0. The highest BCUT2D eigenvalue weighted by Gasteiger charge is 2.44. The highest BCUT2D eigenvalue weighted by Crippen LogP contribution is 2.60. The summed E-state index contributed by atoms with van der Waals surface area (Å²) in [5.41, 5.74) is 32.3. The fourth-order valence-corrected chi connectivity index (χ4v) is 16.3. The molecule has 476 valence electrons. The number of benzene rings is 12. The minimum absolute atomic E-state index is 0.409. The third-order valence-electron chi connectivity index (χ3n) is 20.4. The summed E-state index contributed by atoms with van der Waals surface area (Å²) in [7, 11) is 0. The molecule has 0 unspecified atom stereocenters. The van der Waals surface area contributed by atoms with Crippen LogP contribution >= 0.6 is 0 Å². The molecule has 0 radical (unpaired) electrons. The summed E-state index contributed by atoms with van der Waals surface area (Å²) in [5, 5.41) is 16.9. The van der Waals surface area contributed by atoms with E-state index in [1.165, 1.54) is 27.8 Å². The Balaban J connectivity index is 1.08. The van der Waals surface area contributed by atoms with Gasteiger partial charge in [-0.15, -0.1) is 0 Å². The van der Waals surface area contributed by atoms with Crippen LogP contribution in [0.15, 0.2) is 268 Å². The maximum Gasteiger partial charge on any atom is 0.103 e. The zero-order valence-electron chi connectivity index (χ0n) is 57.0. The van der Waals surface area contributed by atoms with Crippen molar-refractivity contribution in [1.29, 1.82) is 0 Å². The summed E-state index contributed by atoms with van der Waals surface area (Å²) >= 11 is 0. The van der Waals surface area contributed by atoms with Crippen molar-refractivity contribution in [3.63, 3.8) is 0 Å². The number of fused-ring (bicyclic) bond motifs is 12. The van der Waals surface area contributed by atoms with E-state index >= 15 is 0 Å². The standard InChI is InChI=1S/C91H77N7/c1-9-11-41-65-66(42-12-10-2)75(79-77-71(94-85(79)73(65)56-35-19-14-20-36-56)53-51-67-62-46-29-31-49-69(62)92-83(67)77)87-76(64-48-28-27-45-61(64)60-44-26-25-43-59(60)55-33-17-13-18-34-55)88(58-39-23-16-24-40-58)98(97-96-87)89-80-78-72(54-52-68-63-47-30-32-50-70(63)93-84(68)78)95-86(80)74(57-37-21-15-22-38-57)81(90(3,4)5)82(89)91(6,7)8/h13-40,43-54,97H,9-12,41-42H2,1-8H3. The first-order chi connectivity index (χ1) is 47.9. The fraction of sp³-hybridized carbons (Fsp3) is 0.176. The Hall–Kier alpha value is -11.2. The molecule has 5 aliphatic rings. The topological polar surface area (TPSA) is 77.1 Å². The highest BCUT2D eigenvalue weighted by molar-refractivity contribution is 6.42. The number of allylic oxidation sites excluding steroid dienone is 1. The van der Waals surface area contributed by atoms with Crippen molar-refractivity contribution < 1.29 is 0 Å². The summed E-state index contributed by atoms with van der Waals surface area (Å²) in [6.45, 7) is 19.0. The lowest BCUT2D eigenvalue weighted by Gasteiger charge is -2.42. The van der Waals surface area contributed by atoms with Gasteiger partial charge in [-0.3, -0.25) is 0 Å². The molecule has 0 aliphatic carbocycles. The van der Waals surface area contributed by atoms with Crippen molar-refractivity contribution in [2.24, 2.45) is 25.1 Å². The van der Waals surface area contributed by atoms with E-state index in [-0.39, 0.29) is 0 Å². The molecule has 0 bridgehead atoms. The Kier molecular flexibility index (Phi) is 14.8. The second-order valence-corrected chi connectivity index (χ2v) is 28.7. The number of unbranched alkanes of at least 4 members (excludes halogenated alkanes) is 2. The first kappa shape index (κ1) is 60.5. The number of hydrazone groups is 1. The highest BCUT2D eigenvalue weighted by atomic mass is 15.7. The lowest BCUT2D eigenvalue weighted by atomic mass is 9.69. The van der Waals surface area contributed by atoms with E-state index in [4.69, 9.17) is 25.1 Å². The number of nitrogens with zero attached hydrogens (tertiary/aromatic N) is 6. The Morgan fingerprint density at radius 1 is 0.327 bits per heavy atom. The van der Waals surface area contributed by atoms with Gasteiger partial charge in [0.2, 0.25) is 0 Å². The average Bonchev–Trinajstić information content (AvgIpc) is 1.39. The third-order valence-corrected chi connectivity index (χ3v) is 20.4. The van der Waals surface area contributed by atoms with Crippen LogP contribution in [0.4, 0.5) is 28.4 Å². The predicted molar refractivity (Wildman–Crippen MR) is 403 cm³/mol. The van der Waals surface area contributed by atoms with Crippen molar-refractivity contribution in [3.05, 3.63) is 324 Å². The third kappa shape index (κ3) is 9.71. The number of hydrazine groups is 1. The molecular formula is C91H77N7. The van der Waals surface area contributed by atoms with Crippen molar-refractivity contribution in [3.8, 4) is 66.8 Å².